The molecule has 0 spiro atoms. The van der Waals surface area contributed by atoms with Crippen LogP contribution in [-0.4, -0.2) is 32.1 Å². The van der Waals surface area contributed by atoms with E-state index in [1.807, 2.05) is 60.7 Å². The van der Waals surface area contributed by atoms with E-state index in [9.17, 15) is 5.11 Å². The number of ether oxygens (including phenoxy) is 3. The van der Waals surface area contributed by atoms with Crippen LogP contribution in [0.5, 0.6) is 23.0 Å². The summed E-state index contributed by atoms with van der Waals surface area (Å²) in [4.78, 5) is 4.95. The van der Waals surface area contributed by atoms with Crippen molar-refractivity contribution in [3.8, 4) is 23.0 Å². The number of nitrogens with one attached hydrogen (secondary N) is 1. The molecule has 0 saturated carbocycles. The van der Waals surface area contributed by atoms with Crippen LogP contribution in [0.1, 0.15) is 35.3 Å². The van der Waals surface area contributed by atoms with Crippen LogP contribution in [-0.2, 0) is 0 Å². The van der Waals surface area contributed by atoms with E-state index in [2.05, 4.69) is 5.32 Å². The van der Waals surface area contributed by atoms with Gasteiger partial charge < -0.3 is 19.3 Å². The normalized spacial score (nSPS) is 18.2. The molecule has 0 aromatic heterocycles. The molecule has 0 saturated heterocycles. The van der Waals surface area contributed by atoms with Crippen LogP contribution in [0, 0.1) is 0 Å². The maximum absolute atomic E-state index is 10.5. The average Bonchev–Trinajstić information content (AvgIpc) is 2.83. The quantitative estimate of drug-likeness (QED) is 0.610. The molecule has 0 amide bonds. The number of aliphatic imine (C=N–C) groups is 1. The second kappa shape index (κ2) is 9.10. The zero-order valence-electron chi connectivity index (χ0n) is 17.8. The zero-order chi connectivity index (χ0) is 21.8. The van der Waals surface area contributed by atoms with Crippen LogP contribution < -0.4 is 19.5 Å². The Labute approximate surface area is 182 Å². The van der Waals surface area contributed by atoms with E-state index >= 15 is 0 Å². The van der Waals surface area contributed by atoms with E-state index in [1.54, 1.807) is 27.4 Å². The highest BCUT2D eigenvalue weighted by molar-refractivity contribution is 6.03. The first-order chi connectivity index (χ1) is 15.1. The number of hydrogen-bond donors (Lipinski definition) is 2. The minimum Gasteiger partial charge on any atom is -0.507 e. The molecule has 6 heteroatoms. The summed E-state index contributed by atoms with van der Waals surface area (Å²) in [7, 11) is 4.95. The SMILES string of the molecule is COc1ccc([C@@H]2N=C(c3ccccc3O)C[C@@H](c3cc(OC)ccc3OC)N2)cc1. The van der Waals surface area contributed by atoms with Gasteiger partial charge in [0.1, 0.15) is 29.2 Å². The molecule has 0 unspecified atom stereocenters. The van der Waals surface area contributed by atoms with E-state index in [4.69, 9.17) is 19.2 Å². The molecule has 2 N–H and O–H groups in total. The average molecular weight is 418 g/mol. The van der Waals surface area contributed by atoms with Crippen molar-refractivity contribution in [1.29, 1.82) is 0 Å². The Hall–Kier alpha value is -3.51. The van der Waals surface area contributed by atoms with Crippen molar-refractivity contribution in [2.24, 2.45) is 4.99 Å². The van der Waals surface area contributed by atoms with Crippen LogP contribution in [0.15, 0.2) is 71.7 Å². The van der Waals surface area contributed by atoms with Gasteiger partial charge in [0.25, 0.3) is 0 Å². The third-order valence-corrected chi connectivity index (χ3v) is 5.50. The third-order valence-electron chi connectivity index (χ3n) is 5.50. The van der Waals surface area contributed by atoms with Gasteiger partial charge in [-0.2, -0.15) is 0 Å². The van der Waals surface area contributed by atoms with Crippen molar-refractivity contribution in [3.05, 3.63) is 83.4 Å². The van der Waals surface area contributed by atoms with Crippen LogP contribution in [0.2, 0.25) is 0 Å². The van der Waals surface area contributed by atoms with Gasteiger partial charge >= 0.3 is 0 Å². The smallest absolute Gasteiger partial charge is 0.126 e. The molecule has 0 radical (unpaired) electrons. The van der Waals surface area contributed by atoms with Gasteiger partial charge in [-0.05, 0) is 48.0 Å². The molecule has 160 valence electrons. The molecule has 4 rings (SSSR count). The molecule has 31 heavy (non-hydrogen) atoms. The van der Waals surface area contributed by atoms with Gasteiger partial charge in [0, 0.05) is 23.6 Å². The maximum Gasteiger partial charge on any atom is 0.126 e. The summed E-state index contributed by atoms with van der Waals surface area (Å²) in [6.07, 6.45) is 0.295. The lowest BCUT2D eigenvalue weighted by Gasteiger charge is -2.31. The largest absolute Gasteiger partial charge is 0.507 e. The second-order valence-electron chi connectivity index (χ2n) is 7.30. The Morgan fingerprint density at radius 2 is 1.58 bits per heavy atom. The lowest BCUT2D eigenvalue weighted by atomic mass is 9.93. The summed E-state index contributed by atoms with van der Waals surface area (Å²) in [6, 6.07) is 20.8. The summed E-state index contributed by atoms with van der Waals surface area (Å²) in [5, 5.41) is 14.1. The summed E-state index contributed by atoms with van der Waals surface area (Å²) < 4.78 is 16.4. The highest BCUT2D eigenvalue weighted by atomic mass is 16.5. The fraction of sp³-hybridized carbons (Fsp3) is 0.240. The number of phenols is 1. The summed E-state index contributed by atoms with van der Waals surface area (Å²) >= 11 is 0. The lowest BCUT2D eigenvalue weighted by Crippen LogP contribution is -2.33. The molecule has 1 aliphatic heterocycles. The highest BCUT2D eigenvalue weighted by Crippen LogP contribution is 2.37. The number of benzene rings is 3. The summed E-state index contributed by atoms with van der Waals surface area (Å²) in [6.45, 7) is 0. The Bertz CT molecular complexity index is 1080. The molecule has 0 aliphatic carbocycles. The monoisotopic (exact) mass is 418 g/mol. The molecular weight excluding hydrogens is 392 g/mol. The number of hydrogen-bond acceptors (Lipinski definition) is 6. The summed E-state index contributed by atoms with van der Waals surface area (Å²) in [5.74, 6) is 2.53. The molecular formula is C25H26N2O4. The first-order valence-electron chi connectivity index (χ1n) is 10.1. The minimum atomic E-state index is -0.296. The fourth-order valence-corrected chi connectivity index (χ4v) is 3.85. The number of para-hydroxylation sites is 1. The predicted molar refractivity (Wildman–Crippen MR) is 120 cm³/mol. The Morgan fingerprint density at radius 1 is 0.871 bits per heavy atom. The Morgan fingerprint density at radius 3 is 2.26 bits per heavy atom. The fourth-order valence-electron chi connectivity index (χ4n) is 3.85. The van der Waals surface area contributed by atoms with E-state index in [-0.39, 0.29) is 18.0 Å². The van der Waals surface area contributed by atoms with Gasteiger partial charge in [-0.25, -0.2) is 0 Å². The molecule has 1 heterocycles. The van der Waals surface area contributed by atoms with Crippen molar-refractivity contribution < 1.29 is 19.3 Å². The first kappa shape index (κ1) is 20.8. The Balaban J connectivity index is 1.78. The number of methoxy groups -OCH3 is 3. The van der Waals surface area contributed by atoms with Crippen molar-refractivity contribution in [3.63, 3.8) is 0 Å². The minimum absolute atomic E-state index is 0.0933. The van der Waals surface area contributed by atoms with Crippen molar-refractivity contribution >= 4 is 5.71 Å². The van der Waals surface area contributed by atoms with E-state index in [1.165, 1.54) is 0 Å². The predicted octanol–water partition coefficient (Wildman–Crippen LogP) is 4.64. The van der Waals surface area contributed by atoms with Gasteiger partial charge in [-0.15, -0.1) is 0 Å². The molecule has 1 aliphatic rings. The van der Waals surface area contributed by atoms with Crippen molar-refractivity contribution in [1.82, 2.24) is 5.32 Å². The number of aromatic hydroxyl groups is 1. The molecule has 0 bridgehead atoms. The third kappa shape index (κ3) is 4.34. The van der Waals surface area contributed by atoms with Gasteiger partial charge in [0.05, 0.1) is 27.0 Å². The Kier molecular flexibility index (Phi) is 6.09. The number of nitrogens with zero attached hydrogens (tertiary/aromatic N) is 1. The van der Waals surface area contributed by atoms with E-state index in [0.29, 0.717) is 6.42 Å². The lowest BCUT2D eigenvalue weighted by molar-refractivity contribution is 0.378. The van der Waals surface area contributed by atoms with Crippen molar-refractivity contribution in [2.45, 2.75) is 18.6 Å². The molecule has 2 atom stereocenters. The van der Waals surface area contributed by atoms with Crippen LogP contribution in [0.3, 0.4) is 0 Å². The standard InChI is InChI=1S/C25H26N2O4/c1-29-17-10-8-16(9-11-17)25-26-21(19-6-4-5-7-23(19)28)15-22(27-25)20-14-18(30-2)12-13-24(20)31-3/h4-14,22,25,27-28H,15H2,1-3H3/t22-,25+/m0/s1. The highest BCUT2D eigenvalue weighted by Gasteiger charge is 2.29. The second-order valence-corrected chi connectivity index (χ2v) is 7.30. The topological polar surface area (TPSA) is 72.3 Å². The van der Waals surface area contributed by atoms with Gasteiger partial charge in [0.15, 0.2) is 0 Å². The van der Waals surface area contributed by atoms with Crippen LogP contribution in [0.25, 0.3) is 0 Å². The van der Waals surface area contributed by atoms with Crippen LogP contribution >= 0.6 is 0 Å². The van der Waals surface area contributed by atoms with E-state index < -0.39 is 0 Å². The number of rotatable bonds is 6. The molecule has 3 aromatic rings. The van der Waals surface area contributed by atoms with Crippen molar-refractivity contribution in [2.75, 3.05) is 21.3 Å². The first-order valence-corrected chi connectivity index (χ1v) is 10.1. The molecule has 6 nitrogen and oxygen atoms in total. The van der Waals surface area contributed by atoms with Crippen LogP contribution in [0.4, 0.5) is 0 Å². The number of phenolic OH excluding ortho intramolecular Hbond substituents is 1. The van der Waals surface area contributed by atoms with Gasteiger partial charge in [0.2, 0.25) is 0 Å². The molecule has 0 fully saturated rings. The van der Waals surface area contributed by atoms with E-state index in [0.717, 1.165) is 39.7 Å². The molecule has 3 aromatic carbocycles. The van der Waals surface area contributed by atoms with Gasteiger partial charge in [-0.3, -0.25) is 10.3 Å². The summed E-state index contributed by atoms with van der Waals surface area (Å²) in [5.41, 5.74) is 3.53. The van der Waals surface area contributed by atoms with Gasteiger partial charge in [-0.1, -0.05) is 24.3 Å². The zero-order valence-corrected chi connectivity index (χ0v) is 17.8. The maximum atomic E-state index is 10.5.